The fourth-order valence-corrected chi connectivity index (χ4v) is 2.82. The molecule has 0 aromatic carbocycles. The predicted octanol–water partition coefficient (Wildman–Crippen LogP) is 4.03. The molecule has 2 aromatic rings. The summed E-state index contributed by atoms with van der Waals surface area (Å²) in [4.78, 5) is 21.2. The van der Waals surface area contributed by atoms with E-state index in [1.165, 1.54) is 0 Å². The Morgan fingerprint density at radius 2 is 2.08 bits per heavy atom. The highest BCUT2D eigenvalue weighted by atomic mass is 35.5. The molecule has 6 nitrogen and oxygen atoms in total. The first-order valence-electron chi connectivity index (χ1n) is 8.14. The molecule has 1 atom stereocenters. The summed E-state index contributed by atoms with van der Waals surface area (Å²) in [6, 6.07) is 3.46. The number of amides is 1. The quantitative estimate of drug-likeness (QED) is 0.817. The molecule has 0 saturated heterocycles. The van der Waals surface area contributed by atoms with Gasteiger partial charge in [-0.25, -0.2) is 9.97 Å². The number of hydrogen-bond acceptors (Lipinski definition) is 4. The van der Waals surface area contributed by atoms with Gasteiger partial charge in [-0.15, -0.1) is 0 Å². The van der Waals surface area contributed by atoms with Crippen LogP contribution < -0.4 is 5.32 Å². The van der Waals surface area contributed by atoms with Crippen molar-refractivity contribution >= 4 is 40.3 Å². The zero-order valence-electron chi connectivity index (χ0n) is 14.7. The van der Waals surface area contributed by atoms with Crippen LogP contribution in [-0.2, 0) is 9.53 Å². The second-order valence-corrected chi connectivity index (χ2v) is 7.38. The molecule has 132 valence electrons. The second kappa shape index (κ2) is 6.61. The first-order valence-corrected chi connectivity index (χ1v) is 8.52. The van der Waals surface area contributed by atoms with Gasteiger partial charge in [-0.1, -0.05) is 17.7 Å². The number of nitrogens with zero attached hydrogens (tertiary/aromatic N) is 3. The lowest BCUT2D eigenvalue weighted by Crippen LogP contribution is -2.29. The first kappa shape index (κ1) is 17.6. The summed E-state index contributed by atoms with van der Waals surface area (Å²) in [6.45, 7) is 7.77. The van der Waals surface area contributed by atoms with Gasteiger partial charge in [-0.2, -0.15) is 0 Å². The average molecular weight is 361 g/mol. The molecule has 7 heteroatoms. The van der Waals surface area contributed by atoms with Gasteiger partial charge >= 0.3 is 0 Å². The summed E-state index contributed by atoms with van der Waals surface area (Å²) in [6.07, 6.45) is 5.79. The van der Waals surface area contributed by atoms with E-state index in [1.807, 2.05) is 45.9 Å². The van der Waals surface area contributed by atoms with Gasteiger partial charge in [-0.05, 0) is 52.0 Å². The highest BCUT2D eigenvalue weighted by molar-refractivity contribution is 6.29. The van der Waals surface area contributed by atoms with Crippen LogP contribution in [0.5, 0.6) is 0 Å². The molecule has 0 spiro atoms. The summed E-state index contributed by atoms with van der Waals surface area (Å²) in [5.74, 6) is 0.261. The Morgan fingerprint density at radius 1 is 1.36 bits per heavy atom. The number of allylic oxidation sites excluding steroid dienone is 4. The van der Waals surface area contributed by atoms with Crippen molar-refractivity contribution in [3.8, 4) is 0 Å². The SMILES string of the molecule is C[C@H](CC(=O)Nc1nc2ccc(Cl)nc2n1C1=CC=C1)OC(C)(C)C. The topological polar surface area (TPSA) is 69.0 Å². The summed E-state index contributed by atoms with van der Waals surface area (Å²) in [7, 11) is 0. The first-order chi connectivity index (χ1) is 11.7. The molecular formula is C18H21ClN4O2. The number of fused-ring (bicyclic) bond motifs is 1. The minimum atomic E-state index is -0.297. The van der Waals surface area contributed by atoms with E-state index in [4.69, 9.17) is 16.3 Å². The van der Waals surface area contributed by atoms with Crippen molar-refractivity contribution in [1.29, 1.82) is 0 Å². The van der Waals surface area contributed by atoms with Crippen molar-refractivity contribution in [2.45, 2.75) is 45.8 Å². The van der Waals surface area contributed by atoms with Crippen molar-refractivity contribution in [3.63, 3.8) is 0 Å². The van der Waals surface area contributed by atoms with Crippen LogP contribution in [0, 0.1) is 0 Å². The summed E-state index contributed by atoms with van der Waals surface area (Å²) < 4.78 is 7.58. The van der Waals surface area contributed by atoms with Crippen molar-refractivity contribution < 1.29 is 9.53 Å². The van der Waals surface area contributed by atoms with Crippen LogP contribution >= 0.6 is 11.6 Å². The van der Waals surface area contributed by atoms with Gasteiger partial charge in [0.15, 0.2) is 5.65 Å². The number of imidazole rings is 1. The summed E-state index contributed by atoms with van der Waals surface area (Å²) in [5, 5.41) is 3.24. The maximum Gasteiger partial charge on any atom is 0.229 e. The van der Waals surface area contributed by atoms with Crippen molar-refractivity contribution in [3.05, 3.63) is 35.5 Å². The summed E-state index contributed by atoms with van der Waals surface area (Å²) >= 11 is 6.01. The van der Waals surface area contributed by atoms with E-state index in [2.05, 4.69) is 15.3 Å². The number of carbonyl (C=O) groups excluding carboxylic acids is 1. The average Bonchev–Trinajstić information content (AvgIpc) is 2.72. The maximum absolute atomic E-state index is 12.4. The van der Waals surface area contributed by atoms with Crippen LogP contribution in [0.15, 0.2) is 30.4 Å². The molecule has 2 aromatic heterocycles. The number of ether oxygens (including phenoxy) is 1. The maximum atomic E-state index is 12.4. The van der Waals surface area contributed by atoms with Crippen LogP contribution in [0.2, 0.25) is 5.15 Å². The third-order valence-corrected chi connectivity index (χ3v) is 3.75. The van der Waals surface area contributed by atoms with Crippen LogP contribution in [0.4, 0.5) is 5.95 Å². The van der Waals surface area contributed by atoms with Crippen LogP contribution in [0.25, 0.3) is 16.9 Å². The Hall–Kier alpha value is -2.18. The third-order valence-electron chi connectivity index (χ3n) is 3.54. The van der Waals surface area contributed by atoms with Gasteiger partial charge in [0.1, 0.15) is 10.7 Å². The highest BCUT2D eigenvalue weighted by Gasteiger charge is 2.21. The van der Waals surface area contributed by atoms with E-state index in [0.717, 1.165) is 5.70 Å². The van der Waals surface area contributed by atoms with E-state index in [0.29, 0.717) is 22.3 Å². The van der Waals surface area contributed by atoms with E-state index >= 15 is 0 Å². The van der Waals surface area contributed by atoms with Crippen molar-refractivity contribution in [2.24, 2.45) is 0 Å². The van der Waals surface area contributed by atoms with Gasteiger partial charge in [0, 0.05) is 0 Å². The third kappa shape index (κ3) is 4.08. The zero-order valence-corrected chi connectivity index (χ0v) is 15.5. The van der Waals surface area contributed by atoms with Crippen LogP contribution in [0.1, 0.15) is 34.1 Å². The molecule has 0 radical (unpaired) electrons. The number of aromatic nitrogens is 3. The molecule has 0 fully saturated rings. The molecule has 0 unspecified atom stereocenters. The molecule has 0 bridgehead atoms. The molecule has 1 N–H and O–H groups in total. The number of carbonyl (C=O) groups is 1. The zero-order chi connectivity index (χ0) is 18.2. The Balaban J connectivity index is 1.82. The van der Waals surface area contributed by atoms with Crippen LogP contribution in [0.3, 0.4) is 0 Å². The van der Waals surface area contributed by atoms with Gasteiger partial charge in [-0.3, -0.25) is 14.7 Å². The number of pyridine rings is 1. The molecule has 1 aliphatic carbocycles. The van der Waals surface area contributed by atoms with Gasteiger partial charge in [0.2, 0.25) is 11.9 Å². The largest absolute Gasteiger partial charge is 0.372 e. The number of rotatable bonds is 5. The Bertz CT molecular complexity index is 877. The number of nitrogens with one attached hydrogen (secondary N) is 1. The molecule has 2 heterocycles. The van der Waals surface area contributed by atoms with Gasteiger partial charge in [0.05, 0.1) is 23.8 Å². The monoisotopic (exact) mass is 360 g/mol. The van der Waals surface area contributed by atoms with E-state index < -0.39 is 0 Å². The lowest BCUT2D eigenvalue weighted by Gasteiger charge is -2.24. The van der Waals surface area contributed by atoms with Crippen LogP contribution in [-0.4, -0.2) is 32.1 Å². The summed E-state index contributed by atoms with van der Waals surface area (Å²) in [5.41, 5.74) is 1.87. The van der Waals surface area contributed by atoms with E-state index in [9.17, 15) is 4.79 Å². The van der Waals surface area contributed by atoms with Gasteiger partial charge < -0.3 is 4.74 Å². The fourth-order valence-electron chi connectivity index (χ4n) is 2.68. The molecule has 1 aliphatic rings. The standard InChI is InChI=1S/C18H21ClN4O2/c1-11(25-18(2,3)4)10-15(24)22-17-20-13-8-9-14(19)21-16(13)23(17)12-6-5-7-12/h5-9,11H,10H2,1-4H3,(H,20,22,24)/t11-/m1/s1. The van der Waals surface area contributed by atoms with E-state index in [1.54, 1.807) is 16.7 Å². The Morgan fingerprint density at radius 3 is 2.68 bits per heavy atom. The number of hydrogen-bond donors (Lipinski definition) is 1. The lowest BCUT2D eigenvalue weighted by molar-refractivity contribution is -0.121. The van der Waals surface area contributed by atoms with Crippen molar-refractivity contribution in [2.75, 3.05) is 5.32 Å². The Kier molecular flexibility index (Phi) is 4.67. The molecule has 3 rings (SSSR count). The van der Waals surface area contributed by atoms with Gasteiger partial charge in [0.25, 0.3) is 0 Å². The highest BCUT2D eigenvalue weighted by Crippen LogP contribution is 2.27. The molecular weight excluding hydrogens is 340 g/mol. The Labute approximate surface area is 151 Å². The molecule has 25 heavy (non-hydrogen) atoms. The van der Waals surface area contributed by atoms with Crippen molar-refractivity contribution in [1.82, 2.24) is 14.5 Å². The smallest absolute Gasteiger partial charge is 0.229 e. The number of anilines is 1. The second-order valence-electron chi connectivity index (χ2n) is 6.99. The van der Waals surface area contributed by atoms with E-state index in [-0.39, 0.29) is 24.0 Å². The number of halogens is 1. The fraction of sp³-hybridized carbons (Fsp3) is 0.389. The molecule has 0 aliphatic heterocycles. The predicted molar refractivity (Wildman–Crippen MR) is 99.5 cm³/mol. The molecule has 0 saturated carbocycles. The minimum Gasteiger partial charge on any atom is -0.372 e. The minimum absolute atomic E-state index is 0.164. The molecule has 1 amide bonds. The normalized spacial score (nSPS) is 15.0. The lowest BCUT2D eigenvalue weighted by atomic mass is 10.1.